The maximum atomic E-state index is 13.6. The fourth-order valence-corrected chi connectivity index (χ4v) is 1.53. The fourth-order valence-electron chi connectivity index (χ4n) is 1.53. The van der Waals surface area contributed by atoms with Gasteiger partial charge >= 0.3 is 12.1 Å². The third-order valence-electron chi connectivity index (χ3n) is 2.63. The molecule has 0 saturated carbocycles. The molecular weight excluding hydrogens is 292 g/mol. The smallest absolute Gasteiger partial charge is 0.419 e. The Kier molecular flexibility index (Phi) is 6.61. The third-order valence-corrected chi connectivity index (χ3v) is 2.63. The summed E-state index contributed by atoms with van der Waals surface area (Å²) in [6.45, 7) is 2.47. The molecular formula is C14H16F4O3. The lowest BCUT2D eigenvalue weighted by Gasteiger charge is -2.11. The SMILES string of the molecule is CCCCOCCOC(=O)c1cccc(C(F)(F)F)c1F. The number of hydrogen-bond acceptors (Lipinski definition) is 3. The molecule has 1 aromatic rings. The van der Waals surface area contributed by atoms with Crippen molar-refractivity contribution < 1.29 is 31.8 Å². The number of unbranched alkanes of at least 4 members (excludes halogenated alkanes) is 1. The summed E-state index contributed by atoms with van der Waals surface area (Å²) in [5, 5.41) is 0. The third kappa shape index (κ3) is 5.34. The number of benzene rings is 1. The highest BCUT2D eigenvalue weighted by molar-refractivity contribution is 5.90. The minimum atomic E-state index is -4.86. The molecule has 7 heteroatoms. The van der Waals surface area contributed by atoms with Crippen molar-refractivity contribution in [3.05, 3.63) is 35.1 Å². The molecule has 0 amide bonds. The van der Waals surface area contributed by atoms with Crippen LogP contribution in [0, 0.1) is 5.82 Å². The van der Waals surface area contributed by atoms with Gasteiger partial charge in [0.25, 0.3) is 0 Å². The highest BCUT2D eigenvalue weighted by Gasteiger charge is 2.35. The van der Waals surface area contributed by atoms with Gasteiger partial charge in [-0.05, 0) is 18.6 Å². The molecule has 0 aliphatic carbocycles. The van der Waals surface area contributed by atoms with E-state index in [1.807, 2.05) is 6.92 Å². The van der Waals surface area contributed by atoms with Gasteiger partial charge < -0.3 is 9.47 Å². The monoisotopic (exact) mass is 308 g/mol. The topological polar surface area (TPSA) is 35.5 Å². The number of rotatable bonds is 7. The molecule has 21 heavy (non-hydrogen) atoms. The molecule has 0 aliphatic rings. The first kappa shape index (κ1) is 17.4. The lowest BCUT2D eigenvalue weighted by atomic mass is 10.1. The van der Waals surface area contributed by atoms with Gasteiger partial charge in [0, 0.05) is 6.61 Å². The number of ether oxygens (including phenoxy) is 2. The van der Waals surface area contributed by atoms with Crippen molar-refractivity contribution in [3.8, 4) is 0 Å². The molecule has 0 radical (unpaired) electrons. The largest absolute Gasteiger partial charge is 0.460 e. The van der Waals surface area contributed by atoms with Crippen LogP contribution in [0.15, 0.2) is 18.2 Å². The summed E-state index contributed by atoms with van der Waals surface area (Å²) in [6, 6.07) is 2.48. The van der Waals surface area contributed by atoms with Gasteiger partial charge in [0.2, 0.25) is 0 Å². The molecule has 0 saturated heterocycles. The van der Waals surface area contributed by atoms with E-state index in [4.69, 9.17) is 4.74 Å². The predicted octanol–water partition coefficient (Wildman–Crippen LogP) is 3.82. The van der Waals surface area contributed by atoms with Gasteiger partial charge in [-0.2, -0.15) is 13.2 Å². The highest BCUT2D eigenvalue weighted by Crippen LogP contribution is 2.32. The zero-order chi connectivity index (χ0) is 15.9. The Hall–Kier alpha value is -1.63. The maximum absolute atomic E-state index is 13.6. The second-order valence-electron chi connectivity index (χ2n) is 4.27. The normalized spacial score (nSPS) is 11.5. The van der Waals surface area contributed by atoms with Crippen LogP contribution in [0.1, 0.15) is 35.7 Å². The maximum Gasteiger partial charge on any atom is 0.419 e. The van der Waals surface area contributed by atoms with Gasteiger partial charge in [0.05, 0.1) is 17.7 Å². The zero-order valence-electron chi connectivity index (χ0n) is 11.5. The van der Waals surface area contributed by atoms with Crippen molar-refractivity contribution in [1.82, 2.24) is 0 Å². The summed E-state index contributed by atoms with van der Waals surface area (Å²) in [5.41, 5.74) is -2.23. The predicted molar refractivity (Wildman–Crippen MR) is 67.4 cm³/mol. The summed E-state index contributed by atoms with van der Waals surface area (Å²) >= 11 is 0. The second kappa shape index (κ2) is 7.97. The summed E-state index contributed by atoms with van der Waals surface area (Å²) in [7, 11) is 0. The minimum absolute atomic E-state index is 0.117. The van der Waals surface area contributed by atoms with E-state index in [2.05, 4.69) is 4.74 Å². The molecule has 0 aliphatic heterocycles. The first-order valence-corrected chi connectivity index (χ1v) is 6.48. The molecule has 1 rings (SSSR count). The van der Waals surface area contributed by atoms with Crippen LogP contribution in [0.5, 0.6) is 0 Å². The number of esters is 1. The molecule has 0 atom stereocenters. The lowest BCUT2D eigenvalue weighted by Crippen LogP contribution is -2.16. The molecule has 1 aromatic carbocycles. The summed E-state index contributed by atoms with van der Waals surface area (Å²) < 4.78 is 61.0. The average molecular weight is 308 g/mol. The van der Waals surface area contributed by atoms with E-state index >= 15 is 0 Å². The van der Waals surface area contributed by atoms with E-state index in [0.717, 1.165) is 25.0 Å². The Morgan fingerprint density at radius 1 is 1.19 bits per heavy atom. The Bertz CT molecular complexity index is 472. The van der Waals surface area contributed by atoms with Crippen molar-refractivity contribution in [1.29, 1.82) is 0 Å². The fraction of sp³-hybridized carbons (Fsp3) is 0.500. The Morgan fingerprint density at radius 2 is 1.90 bits per heavy atom. The first-order chi connectivity index (χ1) is 9.88. The van der Waals surface area contributed by atoms with Gasteiger partial charge in [-0.3, -0.25) is 0 Å². The van der Waals surface area contributed by atoms with Crippen LogP contribution in [0.4, 0.5) is 17.6 Å². The number of carbonyl (C=O) groups excluding carboxylic acids is 1. The number of alkyl halides is 3. The first-order valence-electron chi connectivity index (χ1n) is 6.48. The van der Waals surface area contributed by atoms with E-state index < -0.39 is 29.1 Å². The van der Waals surface area contributed by atoms with E-state index in [9.17, 15) is 22.4 Å². The molecule has 0 bridgehead atoms. The number of hydrogen-bond donors (Lipinski definition) is 0. The van der Waals surface area contributed by atoms with Crippen LogP contribution in [0.25, 0.3) is 0 Å². The Morgan fingerprint density at radius 3 is 2.52 bits per heavy atom. The molecule has 0 heterocycles. The van der Waals surface area contributed by atoms with Gasteiger partial charge in [0.15, 0.2) is 0 Å². The zero-order valence-corrected chi connectivity index (χ0v) is 11.5. The second-order valence-corrected chi connectivity index (χ2v) is 4.27. The lowest BCUT2D eigenvalue weighted by molar-refractivity contribution is -0.140. The molecule has 0 aromatic heterocycles. The van der Waals surface area contributed by atoms with Gasteiger partial charge in [-0.1, -0.05) is 19.4 Å². The van der Waals surface area contributed by atoms with E-state index in [-0.39, 0.29) is 13.2 Å². The summed E-state index contributed by atoms with van der Waals surface area (Å²) in [6.07, 6.45) is -3.05. The van der Waals surface area contributed by atoms with Crippen molar-refractivity contribution >= 4 is 5.97 Å². The molecule has 0 spiro atoms. The number of carbonyl (C=O) groups is 1. The van der Waals surface area contributed by atoms with Crippen LogP contribution in [-0.4, -0.2) is 25.8 Å². The minimum Gasteiger partial charge on any atom is -0.460 e. The summed E-state index contributed by atoms with van der Waals surface area (Å²) in [5.74, 6) is -2.76. The van der Waals surface area contributed by atoms with Crippen molar-refractivity contribution in [2.75, 3.05) is 19.8 Å². The van der Waals surface area contributed by atoms with Gasteiger partial charge in [0.1, 0.15) is 12.4 Å². The van der Waals surface area contributed by atoms with Crippen LogP contribution >= 0.6 is 0 Å². The van der Waals surface area contributed by atoms with Crippen LogP contribution in [0.3, 0.4) is 0 Å². The van der Waals surface area contributed by atoms with Crippen LogP contribution in [-0.2, 0) is 15.7 Å². The quantitative estimate of drug-likeness (QED) is 0.436. The highest BCUT2D eigenvalue weighted by atomic mass is 19.4. The van der Waals surface area contributed by atoms with Gasteiger partial charge in [-0.25, -0.2) is 9.18 Å². The standard InChI is InChI=1S/C14H16F4O3/c1-2-3-7-20-8-9-21-13(19)10-5-4-6-11(12(10)15)14(16,17)18/h4-6H,2-3,7-9H2,1H3. The van der Waals surface area contributed by atoms with Gasteiger partial charge in [-0.15, -0.1) is 0 Å². The molecule has 0 fully saturated rings. The van der Waals surface area contributed by atoms with E-state index in [1.165, 1.54) is 0 Å². The van der Waals surface area contributed by atoms with Crippen molar-refractivity contribution in [2.45, 2.75) is 25.9 Å². The molecule has 0 N–H and O–H groups in total. The molecule has 3 nitrogen and oxygen atoms in total. The Balaban J connectivity index is 2.59. The van der Waals surface area contributed by atoms with E-state index in [1.54, 1.807) is 0 Å². The van der Waals surface area contributed by atoms with Crippen molar-refractivity contribution in [3.63, 3.8) is 0 Å². The average Bonchev–Trinajstić information content (AvgIpc) is 2.41. The molecule has 0 unspecified atom stereocenters. The van der Waals surface area contributed by atoms with Crippen LogP contribution < -0.4 is 0 Å². The van der Waals surface area contributed by atoms with Crippen LogP contribution in [0.2, 0.25) is 0 Å². The molecule has 118 valence electrons. The van der Waals surface area contributed by atoms with E-state index in [0.29, 0.717) is 12.7 Å². The Labute approximate surface area is 119 Å². The van der Waals surface area contributed by atoms with Crippen molar-refractivity contribution in [2.24, 2.45) is 0 Å². The summed E-state index contributed by atoms with van der Waals surface area (Å²) in [4.78, 5) is 11.5. The number of halogens is 4.